The van der Waals surface area contributed by atoms with E-state index >= 15 is 0 Å². The second-order valence-electron chi connectivity index (χ2n) is 10.9. The van der Waals surface area contributed by atoms with Gasteiger partial charge in [-0.2, -0.15) is 20.4 Å². The number of benzene rings is 4. The van der Waals surface area contributed by atoms with Crippen molar-refractivity contribution < 1.29 is 0 Å². The summed E-state index contributed by atoms with van der Waals surface area (Å²) in [4.78, 5) is 0. The van der Waals surface area contributed by atoms with E-state index in [2.05, 4.69) is 138 Å². The molecule has 0 saturated carbocycles. The number of nitrogens with zero attached hydrogens (tertiary/aromatic N) is 4. The Morgan fingerprint density at radius 2 is 0.500 bits per heavy atom. The second kappa shape index (κ2) is 11.9. The van der Waals surface area contributed by atoms with Gasteiger partial charge < -0.3 is 0 Å². The minimum Gasteiger partial charge on any atom is -0.278 e. The fraction of sp³-hybridized carbons (Fsp3) is 0. The first-order valence-electron chi connectivity index (χ1n) is 15.0. The summed E-state index contributed by atoms with van der Waals surface area (Å²) in [5.41, 5.74) is 14.8. The molecule has 220 valence electrons. The van der Waals surface area contributed by atoms with Crippen LogP contribution in [0.5, 0.6) is 0 Å². The molecule has 8 nitrogen and oxygen atoms in total. The van der Waals surface area contributed by atoms with Crippen molar-refractivity contribution >= 4 is 11.1 Å². The average molecular weight is 597 g/mol. The number of nitrogens with one attached hydrogen (secondary N) is 4. The summed E-state index contributed by atoms with van der Waals surface area (Å²) in [7, 11) is 0. The Morgan fingerprint density at radius 3 is 0.674 bits per heavy atom. The van der Waals surface area contributed by atoms with E-state index in [1.807, 2.05) is 24.3 Å². The Labute approximate surface area is 264 Å². The van der Waals surface area contributed by atoms with Crippen LogP contribution in [0.4, 0.5) is 0 Å². The van der Waals surface area contributed by atoms with Gasteiger partial charge in [0.25, 0.3) is 0 Å². The number of hydrogen-bond acceptors (Lipinski definition) is 4. The molecule has 0 atom stereocenters. The van der Waals surface area contributed by atoms with Crippen LogP contribution in [0, 0.1) is 0 Å². The van der Waals surface area contributed by atoms with Gasteiger partial charge in [0.05, 0.1) is 22.8 Å². The summed E-state index contributed by atoms with van der Waals surface area (Å²) < 4.78 is 0. The molecule has 8 rings (SSSR count). The third kappa shape index (κ3) is 5.24. The lowest BCUT2D eigenvalue weighted by Crippen LogP contribution is -1.98. The van der Waals surface area contributed by atoms with Crippen molar-refractivity contribution in [1.29, 1.82) is 0 Å². The summed E-state index contributed by atoms with van der Waals surface area (Å²) in [5.74, 6) is 0. The van der Waals surface area contributed by atoms with E-state index in [4.69, 9.17) is 0 Å². The summed E-state index contributed by atoms with van der Waals surface area (Å²) in [5, 5.41) is 28.9. The lowest BCUT2D eigenvalue weighted by Gasteiger charge is -2.19. The zero-order chi connectivity index (χ0) is 30.7. The van der Waals surface area contributed by atoms with E-state index in [1.54, 1.807) is 24.8 Å². The Kier molecular flexibility index (Phi) is 6.97. The molecular formula is C38H28N8. The molecule has 0 fully saturated rings. The minimum atomic E-state index is 0.977. The van der Waals surface area contributed by atoms with Crippen molar-refractivity contribution in [1.82, 2.24) is 40.8 Å². The highest BCUT2D eigenvalue weighted by Crippen LogP contribution is 2.39. The van der Waals surface area contributed by atoms with Crippen molar-refractivity contribution in [3.63, 3.8) is 0 Å². The van der Waals surface area contributed by atoms with Crippen LogP contribution in [-0.2, 0) is 0 Å². The molecule has 0 aliphatic carbocycles. The zero-order valence-electron chi connectivity index (χ0n) is 24.6. The van der Waals surface area contributed by atoms with E-state index in [-0.39, 0.29) is 0 Å². The van der Waals surface area contributed by atoms with Crippen LogP contribution in [0.25, 0.3) is 56.2 Å². The van der Waals surface area contributed by atoms with Gasteiger partial charge in [0.1, 0.15) is 0 Å². The lowest BCUT2D eigenvalue weighted by molar-refractivity contribution is 1.09. The van der Waals surface area contributed by atoms with Crippen LogP contribution in [0.15, 0.2) is 146 Å². The predicted molar refractivity (Wildman–Crippen MR) is 181 cm³/mol. The number of aromatic nitrogens is 8. The molecule has 0 bridgehead atoms. The van der Waals surface area contributed by atoms with Gasteiger partial charge in [0, 0.05) is 24.8 Å². The SMILES string of the molecule is c1cc(-c2ccc(C(=C(c3ccc(-c4ccn[nH]4)cc3)c3ccc(-c4ccn[nH]4)cc3)c3ccc(-c4ccn[nH]4)cc3)cc2)[nH]n1. The van der Waals surface area contributed by atoms with E-state index in [0.29, 0.717) is 0 Å². The first-order chi connectivity index (χ1) is 22.8. The molecule has 4 aromatic heterocycles. The molecular weight excluding hydrogens is 568 g/mol. The van der Waals surface area contributed by atoms with Crippen LogP contribution in [0.3, 0.4) is 0 Å². The molecule has 0 amide bonds. The normalized spacial score (nSPS) is 11.0. The Morgan fingerprint density at radius 1 is 0.283 bits per heavy atom. The number of rotatable bonds is 8. The zero-order valence-corrected chi connectivity index (χ0v) is 24.6. The van der Waals surface area contributed by atoms with Crippen LogP contribution in [0.1, 0.15) is 22.3 Å². The molecule has 8 heteroatoms. The van der Waals surface area contributed by atoms with Gasteiger partial charge in [-0.3, -0.25) is 20.4 Å². The summed E-state index contributed by atoms with van der Waals surface area (Å²) >= 11 is 0. The molecule has 4 heterocycles. The first-order valence-corrected chi connectivity index (χ1v) is 15.0. The smallest absolute Gasteiger partial charge is 0.0650 e. The summed E-state index contributed by atoms with van der Waals surface area (Å²) in [6.07, 6.45) is 7.09. The molecule has 4 aromatic carbocycles. The van der Waals surface area contributed by atoms with Gasteiger partial charge in [-0.05, 0) is 79.9 Å². The highest BCUT2D eigenvalue weighted by molar-refractivity contribution is 6.05. The topological polar surface area (TPSA) is 115 Å². The standard InChI is InChI=1S/C38H28N8/c1-9-29(10-2-25(1)33-17-21-39-43-33)37(30-11-3-26(4-12-30)34-18-22-40-44-34)38(31-13-5-27(6-14-31)35-19-23-41-45-35)32-15-7-28(8-16-32)36-20-24-42-46-36/h1-24H,(H,39,43)(H,40,44)(H,41,45)(H,42,46). The third-order valence-corrected chi connectivity index (χ3v) is 8.19. The number of H-pyrrole nitrogens is 4. The molecule has 0 radical (unpaired) electrons. The molecule has 0 aliphatic rings. The highest BCUT2D eigenvalue weighted by Gasteiger charge is 2.18. The maximum absolute atomic E-state index is 4.14. The fourth-order valence-corrected chi connectivity index (χ4v) is 5.84. The number of hydrogen-bond donors (Lipinski definition) is 4. The van der Waals surface area contributed by atoms with E-state index < -0.39 is 0 Å². The largest absolute Gasteiger partial charge is 0.278 e. The minimum absolute atomic E-state index is 0.977. The van der Waals surface area contributed by atoms with Crippen molar-refractivity contribution in [2.75, 3.05) is 0 Å². The van der Waals surface area contributed by atoms with Gasteiger partial charge in [0.15, 0.2) is 0 Å². The van der Waals surface area contributed by atoms with E-state index in [9.17, 15) is 0 Å². The monoisotopic (exact) mass is 596 g/mol. The molecule has 4 N–H and O–H groups in total. The second-order valence-corrected chi connectivity index (χ2v) is 10.9. The lowest BCUT2D eigenvalue weighted by atomic mass is 9.84. The Bertz CT molecular complexity index is 1850. The molecule has 0 saturated heterocycles. The van der Waals surface area contributed by atoms with Crippen molar-refractivity contribution in [2.24, 2.45) is 0 Å². The number of aromatic amines is 4. The third-order valence-electron chi connectivity index (χ3n) is 8.19. The van der Waals surface area contributed by atoms with Crippen molar-refractivity contribution in [2.45, 2.75) is 0 Å². The maximum Gasteiger partial charge on any atom is 0.0650 e. The molecule has 8 aromatic rings. The first kappa shape index (κ1) is 27.0. The van der Waals surface area contributed by atoms with Gasteiger partial charge in [-0.15, -0.1) is 0 Å². The fourth-order valence-electron chi connectivity index (χ4n) is 5.84. The van der Waals surface area contributed by atoms with E-state index in [0.717, 1.165) is 78.4 Å². The quantitative estimate of drug-likeness (QED) is 0.132. The van der Waals surface area contributed by atoms with Crippen LogP contribution >= 0.6 is 0 Å². The molecule has 0 unspecified atom stereocenters. The van der Waals surface area contributed by atoms with Crippen molar-refractivity contribution in [3.05, 3.63) is 168 Å². The van der Waals surface area contributed by atoms with Gasteiger partial charge in [-0.1, -0.05) is 97.1 Å². The van der Waals surface area contributed by atoms with Crippen LogP contribution in [0.2, 0.25) is 0 Å². The average Bonchev–Trinajstić information content (AvgIpc) is 3.96. The molecule has 0 spiro atoms. The van der Waals surface area contributed by atoms with E-state index in [1.165, 1.54) is 0 Å². The van der Waals surface area contributed by atoms with Gasteiger partial charge >= 0.3 is 0 Å². The van der Waals surface area contributed by atoms with Gasteiger partial charge in [-0.25, -0.2) is 0 Å². The Balaban J connectivity index is 1.33. The van der Waals surface area contributed by atoms with Crippen LogP contribution in [-0.4, -0.2) is 40.8 Å². The summed E-state index contributed by atoms with van der Waals surface area (Å²) in [6.45, 7) is 0. The highest BCUT2D eigenvalue weighted by atomic mass is 15.1. The van der Waals surface area contributed by atoms with Crippen LogP contribution < -0.4 is 0 Å². The molecule has 0 aliphatic heterocycles. The van der Waals surface area contributed by atoms with Gasteiger partial charge in [0.2, 0.25) is 0 Å². The maximum atomic E-state index is 4.14. The Hall–Kier alpha value is -6.54. The van der Waals surface area contributed by atoms with Crippen molar-refractivity contribution in [3.8, 4) is 45.0 Å². The predicted octanol–water partition coefficient (Wildman–Crippen LogP) is 8.25. The summed E-state index contributed by atoms with van der Waals surface area (Å²) in [6, 6.07) is 42.5. The molecule has 46 heavy (non-hydrogen) atoms.